The minimum Gasteiger partial charge on any atom is -0.281 e. The second kappa shape index (κ2) is 2.99. The zero-order valence-corrected chi connectivity index (χ0v) is 7.73. The molecule has 66 valence electrons. The summed E-state index contributed by atoms with van der Waals surface area (Å²) >= 11 is 0. The SMILES string of the molecule is CCS(=O)N1Cc2cn[nH]c2C1. The summed E-state index contributed by atoms with van der Waals surface area (Å²) < 4.78 is 13.3. The Hall–Kier alpha value is -0.680. The molecule has 0 radical (unpaired) electrons. The van der Waals surface area contributed by atoms with Crippen molar-refractivity contribution >= 4 is 11.0 Å². The topological polar surface area (TPSA) is 49.0 Å². The van der Waals surface area contributed by atoms with Gasteiger partial charge in [0.1, 0.15) is 0 Å². The maximum atomic E-state index is 11.4. The molecule has 4 nitrogen and oxygen atoms in total. The maximum Gasteiger partial charge on any atom is 0.0946 e. The molecule has 1 unspecified atom stereocenters. The molecule has 0 spiro atoms. The fourth-order valence-electron chi connectivity index (χ4n) is 1.36. The summed E-state index contributed by atoms with van der Waals surface area (Å²) in [4.78, 5) is 0. The maximum absolute atomic E-state index is 11.4. The highest BCUT2D eigenvalue weighted by Crippen LogP contribution is 2.20. The van der Waals surface area contributed by atoms with E-state index in [1.54, 1.807) is 0 Å². The van der Waals surface area contributed by atoms with Crippen molar-refractivity contribution in [3.63, 3.8) is 0 Å². The van der Waals surface area contributed by atoms with Crippen molar-refractivity contribution in [3.8, 4) is 0 Å². The summed E-state index contributed by atoms with van der Waals surface area (Å²) in [6.45, 7) is 3.45. The third-order valence-electron chi connectivity index (χ3n) is 2.02. The van der Waals surface area contributed by atoms with Gasteiger partial charge < -0.3 is 0 Å². The highest BCUT2D eigenvalue weighted by molar-refractivity contribution is 7.82. The first-order valence-corrected chi connectivity index (χ1v) is 5.23. The van der Waals surface area contributed by atoms with Crippen LogP contribution in [-0.2, 0) is 24.1 Å². The molecule has 1 aromatic heterocycles. The lowest BCUT2D eigenvalue weighted by molar-refractivity contribution is 0.468. The van der Waals surface area contributed by atoms with E-state index in [1.165, 1.54) is 5.56 Å². The summed E-state index contributed by atoms with van der Waals surface area (Å²) in [7, 11) is -0.821. The lowest BCUT2D eigenvalue weighted by atomic mass is 10.3. The minimum atomic E-state index is -0.821. The Kier molecular flexibility index (Phi) is 1.98. The normalized spacial score (nSPS) is 19.4. The monoisotopic (exact) mass is 185 g/mol. The van der Waals surface area contributed by atoms with Gasteiger partial charge in [-0.05, 0) is 0 Å². The molecule has 0 amide bonds. The average Bonchev–Trinajstić information content (AvgIpc) is 2.60. The summed E-state index contributed by atoms with van der Waals surface area (Å²) in [6.07, 6.45) is 1.81. The van der Waals surface area contributed by atoms with Crippen LogP contribution in [0.15, 0.2) is 6.20 Å². The van der Waals surface area contributed by atoms with Gasteiger partial charge in [-0.1, -0.05) is 6.92 Å². The van der Waals surface area contributed by atoms with Gasteiger partial charge >= 0.3 is 0 Å². The molecule has 0 saturated heterocycles. The van der Waals surface area contributed by atoms with Crippen LogP contribution in [0.1, 0.15) is 18.2 Å². The van der Waals surface area contributed by atoms with Gasteiger partial charge in [0, 0.05) is 17.9 Å². The molecule has 5 heteroatoms. The molecule has 0 aliphatic carbocycles. The first-order valence-electron chi connectivity index (χ1n) is 3.96. The predicted octanol–water partition coefficient (Wildman–Crippen LogP) is 0.409. The van der Waals surface area contributed by atoms with Crippen molar-refractivity contribution < 1.29 is 4.21 Å². The number of aromatic nitrogens is 2. The zero-order valence-electron chi connectivity index (χ0n) is 6.91. The zero-order chi connectivity index (χ0) is 8.55. The fourth-order valence-corrected chi connectivity index (χ4v) is 2.28. The second-order valence-electron chi connectivity index (χ2n) is 2.78. The van der Waals surface area contributed by atoms with Crippen LogP contribution < -0.4 is 0 Å². The van der Waals surface area contributed by atoms with Gasteiger partial charge in [0.25, 0.3) is 0 Å². The van der Waals surface area contributed by atoms with Crippen LogP contribution in [0.5, 0.6) is 0 Å². The highest BCUT2D eigenvalue weighted by atomic mass is 32.2. The van der Waals surface area contributed by atoms with E-state index in [4.69, 9.17) is 0 Å². The van der Waals surface area contributed by atoms with Crippen LogP contribution >= 0.6 is 0 Å². The van der Waals surface area contributed by atoms with Crippen molar-refractivity contribution in [1.82, 2.24) is 14.5 Å². The smallest absolute Gasteiger partial charge is 0.0946 e. The number of rotatable bonds is 2. The molecule has 1 atom stereocenters. The number of hydrogen-bond donors (Lipinski definition) is 1. The van der Waals surface area contributed by atoms with Crippen LogP contribution in [0.4, 0.5) is 0 Å². The number of nitrogens with one attached hydrogen (secondary N) is 1. The summed E-state index contributed by atoms with van der Waals surface area (Å²) in [6, 6.07) is 0. The van der Waals surface area contributed by atoms with Gasteiger partial charge in [0.15, 0.2) is 0 Å². The van der Waals surface area contributed by atoms with Crippen molar-refractivity contribution in [2.45, 2.75) is 20.0 Å². The van der Waals surface area contributed by atoms with E-state index in [-0.39, 0.29) is 0 Å². The molecule has 0 bridgehead atoms. The Morgan fingerprint density at radius 3 is 3.25 bits per heavy atom. The minimum absolute atomic E-state index is 0.692. The Balaban J connectivity index is 2.12. The molecule has 1 aromatic rings. The van der Waals surface area contributed by atoms with Crippen LogP contribution in [0, 0.1) is 0 Å². The van der Waals surface area contributed by atoms with Crippen LogP contribution in [0.25, 0.3) is 0 Å². The average molecular weight is 185 g/mol. The molecule has 1 aliphatic rings. The lowest BCUT2D eigenvalue weighted by Gasteiger charge is -2.11. The van der Waals surface area contributed by atoms with Gasteiger partial charge in [0.05, 0.1) is 29.4 Å². The Bertz CT molecular complexity index is 289. The summed E-state index contributed by atoms with van der Waals surface area (Å²) in [5.41, 5.74) is 2.29. The van der Waals surface area contributed by atoms with Crippen LogP contribution in [-0.4, -0.2) is 24.5 Å². The molecule has 1 N–H and O–H groups in total. The van der Waals surface area contributed by atoms with Crippen molar-refractivity contribution in [2.24, 2.45) is 0 Å². The van der Waals surface area contributed by atoms with E-state index in [0.717, 1.165) is 18.8 Å². The van der Waals surface area contributed by atoms with Crippen LogP contribution in [0.2, 0.25) is 0 Å². The van der Waals surface area contributed by atoms with Crippen molar-refractivity contribution in [3.05, 3.63) is 17.5 Å². The predicted molar refractivity (Wildman–Crippen MR) is 46.5 cm³/mol. The molecular weight excluding hydrogens is 174 g/mol. The largest absolute Gasteiger partial charge is 0.281 e. The van der Waals surface area contributed by atoms with E-state index < -0.39 is 11.0 Å². The van der Waals surface area contributed by atoms with Gasteiger partial charge in [0.2, 0.25) is 0 Å². The van der Waals surface area contributed by atoms with Gasteiger partial charge in [-0.2, -0.15) is 5.10 Å². The first kappa shape index (κ1) is 7.94. The lowest BCUT2D eigenvalue weighted by Crippen LogP contribution is -2.21. The molecule has 2 heterocycles. The van der Waals surface area contributed by atoms with E-state index in [2.05, 4.69) is 10.2 Å². The van der Waals surface area contributed by atoms with Gasteiger partial charge in [-0.15, -0.1) is 0 Å². The third kappa shape index (κ3) is 1.19. The molecule has 0 fully saturated rings. The van der Waals surface area contributed by atoms with E-state index in [0.29, 0.717) is 5.75 Å². The summed E-state index contributed by atoms with van der Waals surface area (Å²) in [5, 5.41) is 6.81. The molecule has 12 heavy (non-hydrogen) atoms. The number of hydrogen-bond acceptors (Lipinski definition) is 2. The Morgan fingerprint density at radius 2 is 2.58 bits per heavy atom. The number of nitrogens with zero attached hydrogens (tertiary/aromatic N) is 2. The van der Waals surface area contributed by atoms with E-state index in [9.17, 15) is 4.21 Å². The third-order valence-corrected chi connectivity index (χ3v) is 3.35. The molecule has 1 aliphatic heterocycles. The second-order valence-corrected chi connectivity index (χ2v) is 4.52. The van der Waals surface area contributed by atoms with E-state index in [1.807, 2.05) is 17.4 Å². The molecule has 0 saturated carbocycles. The molecule has 0 aromatic carbocycles. The summed E-state index contributed by atoms with van der Waals surface area (Å²) in [5.74, 6) is 0.692. The number of aromatic amines is 1. The Labute approximate surface area is 73.6 Å². The number of fused-ring (bicyclic) bond motifs is 1. The molecule has 2 rings (SSSR count). The first-order chi connectivity index (χ1) is 5.81. The van der Waals surface area contributed by atoms with Crippen molar-refractivity contribution in [1.29, 1.82) is 0 Å². The van der Waals surface area contributed by atoms with Crippen LogP contribution in [0.3, 0.4) is 0 Å². The standard InChI is InChI=1S/C7H11N3OS/c1-2-12(11)10-4-6-3-8-9-7(6)5-10/h3H,2,4-5H2,1H3,(H,8,9). The fraction of sp³-hybridized carbons (Fsp3) is 0.571. The van der Waals surface area contributed by atoms with Crippen molar-refractivity contribution in [2.75, 3.05) is 5.75 Å². The quantitative estimate of drug-likeness (QED) is 0.725. The molecular formula is C7H11N3OS. The number of H-pyrrole nitrogens is 1. The Morgan fingerprint density at radius 1 is 1.75 bits per heavy atom. The highest BCUT2D eigenvalue weighted by Gasteiger charge is 2.23. The van der Waals surface area contributed by atoms with E-state index >= 15 is 0 Å². The van der Waals surface area contributed by atoms with Gasteiger partial charge in [-0.3, -0.25) is 5.10 Å². The van der Waals surface area contributed by atoms with Gasteiger partial charge in [-0.25, -0.2) is 8.51 Å².